The molecule has 4 N–H and O–H groups in total. The molecule has 0 bridgehead atoms. The van der Waals surface area contributed by atoms with Crippen molar-refractivity contribution in [1.29, 1.82) is 0 Å². The number of anilines is 1. The molecular weight excluding hydrogens is 384 g/mol. The van der Waals surface area contributed by atoms with Crippen LogP contribution in [0, 0.1) is 0 Å². The number of hydrogen-bond acceptors (Lipinski definition) is 4. The van der Waals surface area contributed by atoms with E-state index in [1.165, 1.54) is 5.69 Å². The molecule has 1 heterocycles. The largest absolute Gasteiger partial charge is 0.399 e. The molecule has 0 amide bonds. The van der Waals surface area contributed by atoms with Gasteiger partial charge in [-0.05, 0) is 56.3 Å². The van der Waals surface area contributed by atoms with E-state index < -0.39 is 6.23 Å². The summed E-state index contributed by atoms with van der Waals surface area (Å²) in [6, 6.07) is 10.0. The molecule has 0 saturated heterocycles. The zero-order valence-corrected chi connectivity index (χ0v) is 18.4. The second-order valence-corrected chi connectivity index (χ2v) is 7.28. The number of aromatic nitrogens is 1. The number of nitrogens with two attached hydrogens (primary N) is 1. The summed E-state index contributed by atoms with van der Waals surface area (Å²) in [7, 11) is 0. The van der Waals surface area contributed by atoms with Crippen molar-refractivity contribution in [2.24, 2.45) is 5.73 Å². The first-order chi connectivity index (χ1) is 14.0. The van der Waals surface area contributed by atoms with E-state index in [2.05, 4.69) is 29.1 Å². The van der Waals surface area contributed by atoms with Gasteiger partial charge in [0.25, 0.3) is 0 Å². The van der Waals surface area contributed by atoms with E-state index in [-0.39, 0.29) is 0 Å². The van der Waals surface area contributed by atoms with Crippen molar-refractivity contribution in [3.8, 4) is 5.69 Å². The van der Waals surface area contributed by atoms with E-state index in [0.717, 1.165) is 30.9 Å². The van der Waals surface area contributed by atoms with Gasteiger partial charge in [0.1, 0.15) is 6.23 Å². The van der Waals surface area contributed by atoms with Gasteiger partial charge in [0.05, 0.1) is 11.4 Å². The Labute approximate surface area is 179 Å². The standard InChI is InChI=1S/C23H33ClN4O/c1-4-19(25)9-7-11-23(29)27(6-3)16-14-26-21-13-12-18(24)17-22(21)28-15-8-10-20(28)5-2/h4,7-10,12-13,15,17,23,26,29H,5-6,11,14,16,25H2,1-3H3/b9-7-,19-4+. The molecule has 1 unspecified atom stereocenters. The third-order valence-electron chi connectivity index (χ3n) is 4.95. The second kappa shape index (κ2) is 11.7. The van der Waals surface area contributed by atoms with Crippen LogP contribution in [0.25, 0.3) is 5.69 Å². The summed E-state index contributed by atoms with van der Waals surface area (Å²) in [4.78, 5) is 2.03. The first-order valence-corrected chi connectivity index (χ1v) is 10.6. The Kier molecular flexibility index (Phi) is 9.32. The lowest BCUT2D eigenvalue weighted by Crippen LogP contribution is -2.38. The number of benzene rings is 1. The maximum atomic E-state index is 10.5. The van der Waals surface area contributed by atoms with E-state index >= 15 is 0 Å². The summed E-state index contributed by atoms with van der Waals surface area (Å²) in [5.74, 6) is 0. The smallest absolute Gasteiger partial charge is 0.110 e. The van der Waals surface area contributed by atoms with Crippen molar-refractivity contribution in [3.05, 3.63) is 71.2 Å². The van der Waals surface area contributed by atoms with E-state index in [4.69, 9.17) is 17.3 Å². The lowest BCUT2D eigenvalue weighted by Gasteiger charge is -2.26. The lowest BCUT2D eigenvalue weighted by atomic mass is 10.2. The van der Waals surface area contributed by atoms with Gasteiger partial charge in [0.15, 0.2) is 0 Å². The van der Waals surface area contributed by atoms with Gasteiger partial charge in [-0.25, -0.2) is 0 Å². The molecule has 0 fully saturated rings. The van der Waals surface area contributed by atoms with Crippen LogP contribution in [-0.2, 0) is 6.42 Å². The van der Waals surface area contributed by atoms with Gasteiger partial charge in [0, 0.05) is 42.1 Å². The highest BCUT2D eigenvalue weighted by Gasteiger charge is 2.13. The van der Waals surface area contributed by atoms with Gasteiger partial charge < -0.3 is 20.7 Å². The highest BCUT2D eigenvalue weighted by atomic mass is 35.5. The van der Waals surface area contributed by atoms with Gasteiger partial charge in [-0.2, -0.15) is 0 Å². The van der Waals surface area contributed by atoms with Crippen molar-refractivity contribution in [2.75, 3.05) is 25.0 Å². The number of aliphatic hydroxyl groups excluding tert-OH is 1. The Hall–Kier alpha value is -2.21. The number of nitrogens with one attached hydrogen (secondary N) is 1. The fraction of sp³-hybridized carbons (Fsp3) is 0.391. The van der Waals surface area contributed by atoms with Crippen molar-refractivity contribution in [3.63, 3.8) is 0 Å². The lowest BCUT2D eigenvalue weighted by molar-refractivity contribution is 0.0127. The molecule has 1 aromatic carbocycles. The summed E-state index contributed by atoms with van der Waals surface area (Å²) in [6.45, 7) is 8.28. The topological polar surface area (TPSA) is 66.5 Å². The molecule has 0 aliphatic heterocycles. The molecule has 6 heteroatoms. The summed E-state index contributed by atoms with van der Waals surface area (Å²) < 4.78 is 2.16. The van der Waals surface area contributed by atoms with Crippen LogP contribution in [-0.4, -0.2) is 40.4 Å². The molecule has 29 heavy (non-hydrogen) atoms. The number of likely N-dealkylation sites (N-methyl/N-ethyl adjacent to an activating group) is 1. The number of aryl methyl sites for hydroxylation is 1. The van der Waals surface area contributed by atoms with Gasteiger partial charge in [0.2, 0.25) is 0 Å². The average Bonchev–Trinajstić information content (AvgIpc) is 3.20. The normalized spacial score (nSPS) is 13.4. The van der Waals surface area contributed by atoms with E-state index in [9.17, 15) is 5.11 Å². The minimum atomic E-state index is -0.538. The molecule has 0 spiro atoms. The Morgan fingerprint density at radius 2 is 2.14 bits per heavy atom. The summed E-state index contributed by atoms with van der Waals surface area (Å²) >= 11 is 6.26. The van der Waals surface area contributed by atoms with Crippen LogP contribution in [0.5, 0.6) is 0 Å². The fourth-order valence-corrected chi connectivity index (χ4v) is 3.38. The fourth-order valence-electron chi connectivity index (χ4n) is 3.22. The van der Waals surface area contributed by atoms with Crippen molar-refractivity contribution in [2.45, 2.75) is 39.8 Å². The van der Waals surface area contributed by atoms with Crippen LogP contribution in [0.1, 0.15) is 32.9 Å². The van der Waals surface area contributed by atoms with Crippen molar-refractivity contribution < 1.29 is 5.11 Å². The van der Waals surface area contributed by atoms with Crippen LogP contribution in [0.15, 0.2) is 60.5 Å². The Bertz CT molecular complexity index is 828. The number of halogens is 1. The Balaban J connectivity index is 2.01. The third-order valence-corrected chi connectivity index (χ3v) is 5.18. The molecule has 2 aromatic rings. The highest BCUT2D eigenvalue weighted by molar-refractivity contribution is 6.30. The average molecular weight is 417 g/mol. The first kappa shape index (κ1) is 23.1. The van der Waals surface area contributed by atoms with Crippen LogP contribution in [0.4, 0.5) is 5.69 Å². The maximum Gasteiger partial charge on any atom is 0.110 e. The molecule has 158 valence electrons. The molecule has 0 aliphatic carbocycles. The van der Waals surface area contributed by atoms with Gasteiger partial charge in [-0.15, -0.1) is 0 Å². The first-order valence-electron chi connectivity index (χ1n) is 10.2. The van der Waals surface area contributed by atoms with E-state index in [1.54, 1.807) is 0 Å². The van der Waals surface area contributed by atoms with Crippen molar-refractivity contribution in [1.82, 2.24) is 9.47 Å². The number of allylic oxidation sites excluding steroid dienone is 2. The molecular formula is C23H33ClN4O. The monoisotopic (exact) mass is 416 g/mol. The number of rotatable bonds is 11. The molecule has 5 nitrogen and oxygen atoms in total. The molecule has 0 saturated carbocycles. The zero-order valence-electron chi connectivity index (χ0n) is 17.6. The predicted molar refractivity (Wildman–Crippen MR) is 124 cm³/mol. The zero-order chi connectivity index (χ0) is 21.2. The summed E-state index contributed by atoms with van der Waals surface area (Å²) in [5, 5.41) is 14.7. The maximum absolute atomic E-state index is 10.5. The number of aliphatic hydroxyl groups is 1. The van der Waals surface area contributed by atoms with Gasteiger partial charge >= 0.3 is 0 Å². The SMILES string of the molecule is C/C=C(N)\C=C/CC(O)N(CC)CCNc1ccc(Cl)cc1-n1cccc1CC. The summed E-state index contributed by atoms with van der Waals surface area (Å²) in [5.41, 5.74) is 9.74. The van der Waals surface area contributed by atoms with Crippen LogP contribution in [0.3, 0.4) is 0 Å². The molecule has 0 radical (unpaired) electrons. The number of hydrogen-bond donors (Lipinski definition) is 3. The summed E-state index contributed by atoms with van der Waals surface area (Å²) in [6.07, 6.45) is 8.58. The Morgan fingerprint density at radius 3 is 2.83 bits per heavy atom. The van der Waals surface area contributed by atoms with E-state index in [0.29, 0.717) is 23.7 Å². The molecule has 1 atom stereocenters. The Morgan fingerprint density at radius 1 is 1.34 bits per heavy atom. The highest BCUT2D eigenvalue weighted by Crippen LogP contribution is 2.26. The van der Waals surface area contributed by atoms with E-state index in [1.807, 2.05) is 61.2 Å². The van der Waals surface area contributed by atoms with Gasteiger partial charge in [-0.3, -0.25) is 4.90 Å². The number of nitrogens with zero attached hydrogens (tertiary/aromatic N) is 2. The minimum absolute atomic E-state index is 0.538. The second-order valence-electron chi connectivity index (χ2n) is 6.85. The van der Waals surface area contributed by atoms with Crippen LogP contribution >= 0.6 is 11.6 Å². The molecule has 1 aromatic heterocycles. The van der Waals surface area contributed by atoms with Crippen molar-refractivity contribution >= 4 is 17.3 Å². The van der Waals surface area contributed by atoms with Crippen LogP contribution in [0.2, 0.25) is 5.02 Å². The van der Waals surface area contributed by atoms with Crippen LogP contribution < -0.4 is 11.1 Å². The molecule has 2 rings (SSSR count). The predicted octanol–water partition coefficient (Wildman–Crippen LogP) is 4.55. The third kappa shape index (κ3) is 6.67. The van der Waals surface area contributed by atoms with Gasteiger partial charge in [-0.1, -0.05) is 37.6 Å². The minimum Gasteiger partial charge on any atom is -0.399 e. The quantitative estimate of drug-likeness (QED) is 0.371. The molecule has 0 aliphatic rings.